The van der Waals surface area contributed by atoms with Crippen molar-refractivity contribution in [3.05, 3.63) is 60.2 Å². The fraction of sp³-hybridized carbons (Fsp3) is 0.429. The van der Waals surface area contributed by atoms with E-state index in [1.807, 2.05) is 23.9 Å². The maximum atomic E-state index is 9.39. The van der Waals surface area contributed by atoms with E-state index < -0.39 is 0 Å². The lowest BCUT2D eigenvalue weighted by Crippen LogP contribution is -2.37. The fourth-order valence-corrected chi connectivity index (χ4v) is 4.59. The Morgan fingerprint density at radius 3 is 2.58 bits per heavy atom. The molecule has 2 aromatic carbocycles. The topological polar surface area (TPSA) is 23.5 Å². The molecule has 1 heterocycles. The number of aromatic hydroxyl groups is 1. The van der Waals surface area contributed by atoms with E-state index in [0.29, 0.717) is 11.0 Å². The Morgan fingerprint density at radius 1 is 1.00 bits per heavy atom. The van der Waals surface area contributed by atoms with Gasteiger partial charge < -0.3 is 10.0 Å². The fourth-order valence-electron chi connectivity index (χ4n) is 3.34. The number of benzene rings is 2. The van der Waals surface area contributed by atoms with Crippen LogP contribution in [0.1, 0.15) is 31.2 Å². The molecule has 1 aliphatic rings. The molecule has 0 aromatic heterocycles. The average Bonchev–Trinajstić information content (AvgIpc) is 2.62. The first-order valence-electron chi connectivity index (χ1n) is 9.01. The van der Waals surface area contributed by atoms with E-state index in [-0.39, 0.29) is 0 Å². The second-order valence-electron chi connectivity index (χ2n) is 6.62. The predicted molar refractivity (Wildman–Crippen MR) is 103 cm³/mol. The summed E-state index contributed by atoms with van der Waals surface area (Å²) < 4.78 is 0. The van der Waals surface area contributed by atoms with Crippen molar-refractivity contribution >= 4 is 11.8 Å². The van der Waals surface area contributed by atoms with E-state index in [4.69, 9.17) is 0 Å². The summed E-state index contributed by atoms with van der Waals surface area (Å²) in [7, 11) is 0. The van der Waals surface area contributed by atoms with Crippen molar-refractivity contribution in [2.75, 3.05) is 19.6 Å². The van der Waals surface area contributed by atoms with Crippen molar-refractivity contribution in [1.29, 1.82) is 0 Å². The second kappa shape index (κ2) is 9.14. The molecule has 1 fully saturated rings. The van der Waals surface area contributed by atoms with Crippen molar-refractivity contribution in [2.45, 2.75) is 42.2 Å². The molecular formula is C21H27NOS. The summed E-state index contributed by atoms with van der Waals surface area (Å²) in [6.45, 7) is 3.66. The molecule has 3 rings (SSSR count). The molecule has 1 atom stereocenters. The van der Waals surface area contributed by atoms with Crippen LogP contribution in [0, 0.1) is 0 Å². The maximum Gasteiger partial charge on any atom is 0.115 e. The third-order valence-electron chi connectivity index (χ3n) is 4.63. The highest BCUT2D eigenvalue weighted by atomic mass is 32.2. The molecule has 0 amide bonds. The van der Waals surface area contributed by atoms with Crippen LogP contribution in [-0.2, 0) is 6.42 Å². The zero-order chi connectivity index (χ0) is 16.6. The summed E-state index contributed by atoms with van der Waals surface area (Å²) >= 11 is 1.96. The molecule has 2 nitrogen and oxygen atoms in total. The normalized spacial score (nSPS) is 18.6. The van der Waals surface area contributed by atoms with E-state index in [0.717, 1.165) is 0 Å². The number of nitrogens with zero attached hydrogens (tertiary/aromatic N) is 1. The first-order chi connectivity index (χ1) is 11.8. The number of thioether (sulfide) groups is 1. The summed E-state index contributed by atoms with van der Waals surface area (Å²) in [4.78, 5) is 3.90. The highest BCUT2D eigenvalue weighted by Crippen LogP contribution is 2.30. The van der Waals surface area contributed by atoms with Gasteiger partial charge in [0.25, 0.3) is 0 Å². The highest BCUT2D eigenvalue weighted by Gasteiger charge is 2.20. The highest BCUT2D eigenvalue weighted by molar-refractivity contribution is 8.00. The summed E-state index contributed by atoms with van der Waals surface area (Å²) in [6, 6.07) is 18.4. The van der Waals surface area contributed by atoms with Crippen LogP contribution < -0.4 is 0 Å². The molecule has 0 saturated carbocycles. The average molecular weight is 342 g/mol. The van der Waals surface area contributed by atoms with Gasteiger partial charge in [-0.15, -0.1) is 11.8 Å². The minimum Gasteiger partial charge on any atom is -0.508 e. The lowest BCUT2D eigenvalue weighted by molar-refractivity contribution is 0.230. The van der Waals surface area contributed by atoms with Crippen LogP contribution >= 0.6 is 11.8 Å². The molecule has 0 aliphatic carbocycles. The SMILES string of the molecule is Oc1ccc(SC2CCCN(CCCCc3ccccc3)C2)cc1. The first-order valence-corrected chi connectivity index (χ1v) is 9.89. The summed E-state index contributed by atoms with van der Waals surface area (Å²) in [5.41, 5.74) is 1.46. The van der Waals surface area contributed by atoms with Gasteiger partial charge in [-0.2, -0.15) is 0 Å². The number of phenols is 1. The van der Waals surface area contributed by atoms with Crippen LogP contribution in [0.15, 0.2) is 59.5 Å². The molecule has 0 radical (unpaired) electrons. The number of phenolic OH excluding ortho intramolecular Hbond substituents is 1. The number of hydrogen-bond acceptors (Lipinski definition) is 3. The van der Waals surface area contributed by atoms with Crippen LogP contribution in [0.4, 0.5) is 0 Å². The molecule has 128 valence electrons. The number of aryl methyl sites for hydroxylation is 1. The molecule has 1 saturated heterocycles. The zero-order valence-electron chi connectivity index (χ0n) is 14.2. The standard InChI is InChI=1S/C21H27NOS/c23-19-11-13-20(14-12-19)24-21-10-6-16-22(17-21)15-5-4-9-18-7-2-1-3-8-18/h1-3,7-8,11-14,21,23H,4-6,9-10,15-17H2. The van der Waals surface area contributed by atoms with Crippen molar-refractivity contribution < 1.29 is 5.11 Å². The van der Waals surface area contributed by atoms with E-state index >= 15 is 0 Å². The largest absolute Gasteiger partial charge is 0.508 e. The first kappa shape index (κ1) is 17.4. The van der Waals surface area contributed by atoms with Crippen LogP contribution in [0.25, 0.3) is 0 Å². The Balaban J connectivity index is 1.38. The predicted octanol–water partition coefficient (Wildman–Crippen LogP) is 4.97. The number of hydrogen-bond donors (Lipinski definition) is 1. The summed E-state index contributed by atoms with van der Waals surface area (Å²) in [5.74, 6) is 0.350. The molecule has 0 bridgehead atoms. The lowest BCUT2D eigenvalue weighted by atomic mass is 10.1. The number of likely N-dealkylation sites (tertiary alicyclic amines) is 1. The molecule has 24 heavy (non-hydrogen) atoms. The van der Waals surface area contributed by atoms with Gasteiger partial charge in [-0.3, -0.25) is 0 Å². The third kappa shape index (κ3) is 5.57. The van der Waals surface area contributed by atoms with Crippen LogP contribution in [-0.4, -0.2) is 34.9 Å². The zero-order valence-corrected chi connectivity index (χ0v) is 15.0. The monoisotopic (exact) mass is 341 g/mol. The Labute approximate surface area is 149 Å². The number of piperidine rings is 1. The minimum absolute atomic E-state index is 0.350. The molecule has 1 N–H and O–H groups in total. The van der Waals surface area contributed by atoms with E-state index in [2.05, 4.69) is 35.2 Å². The molecule has 2 aromatic rings. The minimum atomic E-state index is 0.350. The smallest absolute Gasteiger partial charge is 0.115 e. The Bertz CT molecular complexity index is 599. The molecule has 0 spiro atoms. The van der Waals surface area contributed by atoms with Gasteiger partial charge in [0.15, 0.2) is 0 Å². The lowest BCUT2D eigenvalue weighted by Gasteiger charge is -2.32. The molecule has 3 heteroatoms. The molecular weight excluding hydrogens is 314 g/mol. The van der Waals surface area contributed by atoms with E-state index in [1.54, 1.807) is 12.1 Å². The maximum absolute atomic E-state index is 9.39. The van der Waals surface area contributed by atoms with Gasteiger partial charge in [-0.1, -0.05) is 30.3 Å². The summed E-state index contributed by atoms with van der Waals surface area (Å²) in [5, 5.41) is 10.1. The molecule has 1 aliphatic heterocycles. The van der Waals surface area contributed by atoms with Crippen LogP contribution in [0.5, 0.6) is 5.75 Å². The number of rotatable bonds is 7. The van der Waals surface area contributed by atoms with Crippen LogP contribution in [0.3, 0.4) is 0 Å². The van der Waals surface area contributed by atoms with Gasteiger partial charge in [0.1, 0.15) is 5.75 Å². The van der Waals surface area contributed by atoms with Gasteiger partial charge in [-0.05, 0) is 75.0 Å². The van der Waals surface area contributed by atoms with Crippen molar-refractivity contribution in [2.24, 2.45) is 0 Å². The quantitative estimate of drug-likeness (QED) is 0.719. The van der Waals surface area contributed by atoms with Crippen molar-refractivity contribution in [3.8, 4) is 5.75 Å². The Kier molecular flexibility index (Phi) is 6.62. The third-order valence-corrected chi connectivity index (χ3v) is 5.90. The van der Waals surface area contributed by atoms with Crippen molar-refractivity contribution in [1.82, 2.24) is 4.90 Å². The Hall–Kier alpha value is -1.45. The Morgan fingerprint density at radius 2 is 1.79 bits per heavy atom. The van der Waals surface area contributed by atoms with E-state index in [9.17, 15) is 5.11 Å². The van der Waals surface area contributed by atoms with E-state index in [1.165, 1.54) is 62.2 Å². The summed E-state index contributed by atoms with van der Waals surface area (Å²) in [6.07, 6.45) is 6.35. The van der Waals surface area contributed by atoms with Crippen LogP contribution in [0.2, 0.25) is 0 Å². The van der Waals surface area contributed by atoms with Gasteiger partial charge in [-0.25, -0.2) is 0 Å². The molecule has 1 unspecified atom stereocenters. The van der Waals surface area contributed by atoms with Gasteiger partial charge in [0.05, 0.1) is 0 Å². The second-order valence-corrected chi connectivity index (χ2v) is 7.99. The van der Waals surface area contributed by atoms with Gasteiger partial charge >= 0.3 is 0 Å². The van der Waals surface area contributed by atoms with Gasteiger partial charge in [0, 0.05) is 16.7 Å². The van der Waals surface area contributed by atoms with Crippen molar-refractivity contribution in [3.63, 3.8) is 0 Å². The van der Waals surface area contributed by atoms with Gasteiger partial charge in [0.2, 0.25) is 0 Å². The number of unbranched alkanes of at least 4 members (excludes halogenated alkanes) is 1.